The highest BCUT2D eigenvalue weighted by Crippen LogP contribution is 2.27. The Balaban J connectivity index is 3.25. The molecule has 0 fully saturated rings. The molecule has 0 bridgehead atoms. The van der Waals surface area contributed by atoms with Crippen molar-refractivity contribution in [2.75, 3.05) is 7.11 Å². The Hall–Kier alpha value is -1.65. The van der Waals surface area contributed by atoms with E-state index in [1.54, 1.807) is 18.2 Å². The fourth-order valence-electron chi connectivity index (χ4n) is 1.43. The minimum atomic E-state index is -2.11. The third-order valence-electron chi connectivity index (χ3n) is 2.36. The molecule has 2 N–H and O–H groups in total. The van der Waals surface area contributed by atoms with Gasteiger partial charge in [-0.3, -0.25) is 0 Å². The zero-order valence-corrected chi connectivity index (χ0v) is 8.96. The SMILES string of the molecule is C=CC(O)C(O)(C(=O)OC)c1ccccc1. The van der Waals surface area contributed by atoms with Crippen molar-refractivity contribution in [1.29, 1.82) is 0 Å². The van der Waals surface area contributed by atoms with Crippen LogP contribution in [0.1, 0.15) is 5.56 Å². The lowest BCUT2D eigenvalue weighted by atomic mass is 9.88. The molecule has 2 unspecified atom stereocenters. The lowest BCUT2D eigenvalue weighted by Gasteiger charge is -2.28. The Kier molecular flexibility index (Phi) is 3.82. The summed E-state index contributed by atoms with van der Waals surface area (Å²) < 4.78 is 4.50. The van der Waals surface area contributed by atoms with E-state index in [1.165, 1.54) is 12.1 Å². The summed E-state index contributed by atoms with van der Waals surface area (Å²) in [6, 6.07) is 8.10. The van der Waals surface area contributed by atoms with Crippen LogP contribution in [-0.2, 0) is 15.1 Å². The summed E-state index contributed by atoms with van der Waals surface area (Å²) in [4.78, 5) is 11.6. The second-order valence-electron chi connectivity index (χ2n) is 3.30. The highest BCUT2D eigenvalue weighted by atomic mass is 16.5. The Morgan fingerprint density at radius 1 is 1.50 bits per heavy atom. The van der Waals surface area contributed by atoms with Gasteiger partial charge in [0, 0.05) is 0 Å². The van der Waals surface area contributed by atoms with E-state index in [0.29, 0.717) is 0 Å². The topological polar surface area (TPSA) is 66.8 Å². The van der Waals surface area contributed by atoms with Gasteiger partial charge in [0.1, 0.15) is 6.10 Å². The molecule has 2 atom stereocenters. The maximum atomic E-state index is 11.6. The van der Waals surface area contributed by atoms with Crippen LogP contribution in [0.25, 0.3) is 0 Å². The van der Waals surface area contributed by atoms with Crippen LogP contribution >= 0.6 is 0 Å². The highest BCUT2D eigenvalue weighted by Gasteiger charge is 2.44. The first kappa shape index (κ1) is 12.4. The van der Waals surface area contributed by atoms with Gasteiger partial charge in [-0.2, -0.15) is 0 Å². The van der Waals surface area contributed by atoms with Crippen LogP contribution < -0.4 is 0 Å². The molecule has 1 aromatic carbocycles. The molecule has 0 spiro atoms. The molecule has 0 saturated heterocycles. The normalized spacial score (nSPS) is 15.9. The Morgan fingerprint density at radius 2 is 2.06 bits per heavy atom. The van der Waals surface area contributed by atoms with Gasteiger partial charge < -0.3 is 14.9 Å². The largest absolute Gasteiger partial charge is 0.467 e. The molecule has 0 heterocycles. The maximum Gasteiger partial charge on any atom is 0.345 e. The van der Waals surface area contributed by atoms with Crippen molar-refractivity contribution in [1.82, 2.24) is 0 Å². The summed E-state index contributed by atoms with van der Waals surface area (Å²) in [5.74, 6) is -0.925. The predicted molar refractivity (Wildman–Crippen MR) is 58.6 cm³/mol. The molecule has 86 valence electrons. The molecular weight excluding hydrogens is 208 g/mol. The van der Waals surface area contributed by atoms with Gasteiger partial charge in [-0.1, -0.05) is 36.4 Å². The van der Waals surface area contributed by atoms with Gasteiger partial charge in [-0.05, 0) is 5.56 Å². The van der Waals surface area contributed by atoms with Gasteiger partial charge in [0.25, 0.3) is 0 Å². The van der Waals surface area contributed by atoms with Gasteiger partial charge in [0.2, 0.25) is 5.60 Å². The zero-order chi connectivity index (χ0) is 12.2. The van der Waals surface area contributed by atoms with Gasteiger partial charge in [0.05, 0.1) is 7.11 Å². The number of aliphatic hydroxyl groups is 2. The molecule has 16 heavy (non-hydrogen) atoms. The first-order chi connectivity index (χ1) is 7.57. The average Bonchev–Trinajstić information content (AvgIpc) is 2.36. The number of hydrogen-bond acceptors (Lipinski definition) is 4. The standard InChI is InChI=1S/C12H14O4/c1-3-10(13)12(15,11(14)16-2)9-7-5-4-6-8-9/h3-8,10,13,15H,1H2,2H3. The van der Waals surface area contributed by atoms with Crippen LogP contribution in [0.15, 0.2) is 43.0 Å². The van der Waals surface area contributed by atoms with Crippen molar-refractivity contribution in [3.8, 4) is 0 Å². The Labute approximate surface area is 93.8 Å². The van der Waals surface area contributed by atoms with Crippen LogP contribution in [0.4, 0.5) is 0 Å². The highest BCUT2D eigenvalue weighted by molar-refractivity contribution is 5.82. The second kappa shape index (κ2) is 4.92. The molecule has 0 aromatic heterocycles. The molecular formula is C12H14O4. The third-order valence-corrected chi connectivity index (χ3v) is 2.36. The van der Waals surface area contributed by atoms with Crippen molar-refractivity contribution in [3.05, 3.63) is 48.6 Å². The van der Waals surface area contributed by atoms with Crippen molar-refractivity contribution in [3.63, 3.8) is 0 Å². The molecule has 0 amide bonds. The number of methoxy groups -OCH3 is 1. The molecule has 4 nitrogen and oxygen atoms in total. The lowest BCUT2D eigenvalue weighted by molar-refractivity contribution is -0.173. The van der Waals surface area contributed by atoms with Crippen molar-refractivity contribution < 1.29 is 19.7 Å². The number of benzene rings is 1. The smallest absolute Gasteiger partial charge is 0.345 e. The monoisotopic (exact) mass is 222 g/mol. The molecule has 0 aliphatic heterocycles. The quantitative estimate of drug-likeness (QED) is 0.578. The number of carbonyl (C=O) groups excluding carboxylic acids is 1. The molecule has 1 aromatic rings. The van der Waals surface area contributed by atoms with Crippen LogP contribution in [-0.4, -0.2) is 29.4 Å². The van der Waals surface area contributed by atoms with E-state index >= 15 is 0 Å². The first-order valence-electron chi connectivity index (χ1n) is 4.74. The molecule has 0 saturated carbocycles. The number of rotatable bonds is 4. The lowest BCUT2D eigenvalue weighted by Crippen LogP contribution is -2.46. The fraction of sp³-hybridized carbons (Fsp3) is 0.250. The molecule has 4 heteroatoms. The van der Waals surface area contributed by atoms with E-state index in [1.807, 2.05) is 0 Å². The second-order valence-corrected chi connectivity index (χ2v) is 3.30. The molecule has 0 aliphatic rings. The van der Waals surface area contributed by atoms with Gasteiger partial charge in [-0.15, -0.1) is 6.58 Å². The summed E-state index contributed by atoms with van der Waals surface area (Å²) in [6.07, 6.45) is -0.341. The van der Waals surface area contributed by atoms with Crippen LogP contribution in [0, 0.1) is 0 Å². The van der Waals surface area contributed by atoms with E-state index in [0.717, 1.165) is 13.2 Å². The summed E-state index contributed by atoms with van der Waals surface area (Å²) in [5.41, 5.74) is -1.85. The van der Waals surface area contributed by atoms with E-state index in [4.69, 9.17) is 0 Å². The predicted octanol–water partition coefficient (Wildman–Crippen LogP) is 0.594. The summed E-state index contributed by atoms with van der Waals surface area (Å²) in [7, 11) is 1.14. The number of carbonyl (C=O) groups is 1. The van der Waals surface area contributed by atoms with E-state index in [9.17, 15) is 15.0 Å². The average molecular weight is 222 g/mol. The van der Waals surface area contributed by atoms with Gasteiger partial charge in [0.15, 0.2) is 0 Å². The Bertz CT molecular complexity index is 374. The van der Waals surface area contributed by atoms with E-state index in [2.05, 4.69) is 11.3 Å². The number of esters is 1. The van der Waals surface area contributed by atoms with Crippen LogP contribution in [0.2, 0.25) is 0 Å². The number of hydrogen-bond donors (Lipinski definition) is 2. The van der Waals surface area contributed by atoms with Gasteiger partial charge in [-0.25, -0.2) is 4.79 Å². The van der Waals surface area contributed by atoms with Crippen molar-refractivity contribution >= 4 is 5.97 Å². The van der Waals surface area contributed by atoms with Crippen LogP contribution in [0.3, 0.4) is 0 Å². The van der Waals surface area contributed by atoms with E-state index in [-0.39, 0.29) is 5.56 Å². The first-order valence-corrected chi connectivity index (χ1v) is 4.74. The minimum Gasteiger partial charge on any atom is -0.467 e. The van der Waals surface area contributed by atoms with E-state index < -0.39 is 17.7 Å². The third kappa shape index (κ3) is 1.98. The summed E-state index contributed by atoms with van der Waals surface area (Å²) in [6.45, 7) is 3.35. The van der Waals surface area contributed by atoms with Gasteiger partial charge >= 0.3 is 5.97 Å². The number of aliphatic hydroxyl groups excluding tert-OH is 1. The zero-order valence-electron chi connectivity index (χ0n) is 8.96. The maximum absolute atomic E-state index is 11.6. The number of ether oxygens (including phenoxy) is 1. The Morgan fingerprint density at radius 3 is 2.50 bits per heavy atom. The van der Waals surface area contributed by atoms with Crippen molar-refractivity contribution in [2.24, 2.45) is 0 Å². The molecule has 1 rings (SSSR count). The molecule has 0 aliphatic carbocycles. The summed E-state index contributed by atoms with van der Waals surface area (Å²) >= 11 is 0. The minimum absolute atomic E-state index is 0.259. The summed E-state index contributed by atoms with van der Waals surface area (Å²) in [5, 5.41) is 19.9. The van der Waals surface area contributed by atoms with Crippen LogP contribution in [0.5, 0.6) is 0 Å². The fourth-order valence-corrected chi connectivity index (χ4v) is 1.43. The van der Waals surface area contributed by atoms with Crippen molar-refractivity contribution in [2.45, 2.75) is 11.7 Å². The molecule has 0 radical (unpaired) electrons.